The van der Waals surface area contributed by atoms with Gasteiger partial charge in [-0.1, -0.05) is 13.0 Å². The van der Waals surface area contributed by atoms with Gasteiger partial charge in [0.1, 0.15) is 5.82 Å². The fourth-order valence-corrected chi connectivity index (χ4v) is 2.41. The molecule has 0 aliphatic heterocycles. The molecule has 1 aromatic carbocycles. The Bertz CT molecular complexity index is 548. The van der Waals surface area contributed by atoms with Crippen molar-refractivity contribution in [2.75, 3.05) is 7.05 Å². The van der Waals surface area contributed by atoms with Crippen LogP contribution in [0, 0.1) is 12.7 Å². The lowest BCUT2D eigenvalue weighted by molar-refractivity contribution is 0.533. The molecule has 0 aliphatic carbocycles. The quantitative estimate of drug-likeness (QED) is 0.896. The van der Waals surface area contributed by atoms with Crippen LogP contribution in [0.15, 0.2) is 30.5 Å². The molecule has 1 heterocycles. The lowest BCUT2D eigenvalue weighted by Crippen LogP contribution is -2.22. The van der Waals surface area contributed by atoms with Gasteiger partial charge in [0.15, 0.2) is 0 Å². The molecule has 2 aromatic rings. The van der Waals surface area contributed by atoms with Crippen LogP contribution in [0.5, 0.6) is 0 Å². The highest BCUT2D eigenvalue weighted by atomic mass is 19.1. The summed E-state index contributed by atoms with van der Waals surface area (Å²) in [6.07, 6.45) is 2.85. The van der Waals surface area contributed by atoms with E-state index in [1.54, 1.807) is 6.07 Å². The van der Waals surface area contributed by atoms with Gasteiger partial charge in [0.2, 0.25) is 0 Å². The number of halogens is 1. The van der Waals surface area contributed by atoms with Gasteiger partial charge in [0.05, 0.1) is 11.7 Å². The second kappa shape index (κ2) is 5.97. The van der Waals surface area contributed by atoms with Crippen molar-refractivity contribution < 1.29 is 4.39 Å². The number of nitrogens with zero attached hydrogens (tertiary/aromatic N) is 2. The normalized spacial score (nSPS) is 12.6. The van der Waals surface area contributed by atoms with E-state index in [4.69, 9.17) is 0 Å². The van der Waals surface area contributed by atoms with Gasteiger partial charge in [-0.3, -0.25) is 4.68 Å². The Hall–Kier alpha value is -1.68. The molecule has 102 valence electrons. The standard InChI is InChI=1S/C15H20FN3/c1-4-9-19-14(7-8-18-19)15(17-3)13-6-5-12(16)10-11(13)2/h5-8,10,15,17H,4,9H2,1-3H3. The van der Waals surface area contributed by atoms with Crippen molar-refractivity contribution in [2.24, 2.45) is 0 Å². The van der Waals surface area contributed by atoms with Gasteiger partial charge >= 0.3 is 0 Å². The second-order valence-electron chi connectivity index (χ2n) is 4.70. The molecule has 0 saturated carbocycles. The predicted octanol–water partition coefficient (Wildman–Crippen LogP) is 3.05. The van der Waals surface area contributed by atoms with Gasteiger partial charge in [-0.05, 0) is 49.7 Å². The van der Waals surface area contributed by atoms with E-state index in [2.05, 4.69) is 17.3 Å². The van der Waals surface area contributed by atoms with Crippen molar-refractivity contribution in [1.82, 2.24) is 15.1 Å². The van der Waals surface area contributed by atoms with Gasteiger partial charge in [0.25, 0.3) is 0 Å². The third-order valence-electron chi connectivity index (χ3n) is 3.31. The molecule has 3 nitrogen and oxygen atoms in total. The molecule has 1 N–H and O–H groups in total. The number of rotatable bonds is 5. The van der Waals surface area contributed by atoms with Crippen LogP contribution in [0.1, 0.15) is 36.2 Å². The molecule has 0 bridgehead atoms. The first-order valence-electron chi connectivity index (χ1n) is 6.62. The van der Waals surface area contributed by atoms with Gasteiger partial charge < -0.3 is 5.32 Å². The molecule has 0 spiro atoms. The van der Waals surface area contributed by atoms with E-state index >= 15 is 0 Å². The fraction of sp³-hybridized carbons (Fsp3) is 0.400. The summed E-state index contributed by atoms with van der Waals surface area (Å²) in [5.41, 5.74) is 3.14. The number of aryl methyl sites for hydroxylation is 2. The van der Waals surface area contributed by atoms with Gasteiger partial charge in [0, 0.05) is 12.7 Å². The SMILES string of the molecule is CCCn1nccc1C(NC)c1ccc(F)cc1C. The minimum absolute atomic E-state index is 0.0367. The number of hydrogen-bond donors (Lipinski definition) is 1. The van der Waals surface area contributed by atoms with Crippen molar-refractivity contribution in [3.63, 3.8) is 0 Å². The molecule has 1 atom stereocenters. The number of benzene rings is 1. The summed E-state index contributed by atoms with van der Waals surface area (Å²) in [5, 5.41) is 7.65. The molecule has 0 fully saturated rings. The van der Waals surface area contributed by atoms with Crippen LogP contribution in [0.4, 0.5) is 4.39 Å². The topological polar surface area (TPSA) is 29.9 Å². The van der Waals surface area contributed by atoms with Gasteiger partial charge in [-0.25, -0.2) is 4.39 Å². The molecule has 0 amide bonds. The summed E-state index contributed by atoms with van der Waals surface area (Å²) in [6.45, 7) is 4.95. The Balaban J connectivity index is 2.41. The molecule has 4 heteroatoms. The molecule has 1 aromatic heterocycles. The Morgan fingerprint density at radius 1 is 1.37 bits per heavy atom. The molecule has 0 saturated heterocycles. The van der Waals surface area contributed by atoms with Crippen molar-refractivity contribution >= 4 is 0 Å². The first-order valence-corrected chi connectivity index (χ1v) is 6.62. The molecular weight excluding hydrogens is 241 g/mol. The summed E-state index contributed by atoms with van der Waals surface area (Å²) in [5.74, 6) is -0.196. The van der Waals surface area contributed by atoms with Crippen LogP contribution >= 0.6 is 0 Å². The highest BCUT2D eigenvalue weighted by Crippen LogP contribution is 2.25. The van der Waals surface area contributed by atoms with Crippen LogP contribution < -0.4 is 5.32 Å². The van der Waals surface area contributed by atoms with Crippen LogP contribution in [0.25, 0.3) is 0 Å². The lowest BCUT2D eigenvalue weighted by atomic mass is 9.98. The monoisotopic (exact) mass is 261 g/mol. The number of nitrogens with one attached hydrogen (secondary N) is 1. The lowest BCUT2D eigenvalue weighted by Gasteiger charge is -2.20. The zero-order chi connectivity index (χ0) is 13.8. The van der Waals surface area contributed by atoms with E-state index in [0.29, 0.717) is 0 Å². The summed E-state index contributed by atoms with van der Waals surface area (Å²) in [4.78, 5) is 0. The third kappa shape index (κ3) is 2.84. The van der Waals surface area contributed by atoms with Crippen LogP contribution in [0.2, 0.25) is 0 Å². The Morgan fingerprint density at radius 2 is 2.16 bits per heavy atom. The molecule has 19 heavy (non-hydrogen) atoms. The zero-order valence-electron chi connectivity index (χ0n) is 11.7. The van der Waals surface area contributed by atoms with E-state index < -0.39 is 0 Å². The molecule has 1 unspecified atom stereocenters. The van der Waals surface area contributed by atoms with Crippen molar-refractivity contribution in [3.8, 4) is 0 Å². The van der Waals surface area contributed by atoms with Gasteiger partial charge in [-0.15, -0.1) is 0 Å². The molecule has 2 rings (SSSR count). The minimum atomic E-state index is -0.196. The first kappa shape index (κ1) is 13.7. The Labute approximate surface area is 113 Å². The van der Waals surface area contributed by atoms with Crippen molar-refractivity contribution in [2.45, 2.75) is 32.9 Å². The minimum Gasteiger partial charge on any atom is -0.308 e. The van der Waals surface area contributed by atoms with E-state index in [-0.39, 0.29) is 11.9 Å². The largest absolute Gasteiger partial charge is 0.308 e. The first-order chi connectivity index (χ1) is 9.17. The molecular formula is C15H20FN3. The summed E-state index contributed by atoms with van der Waals surface area (Å²) in [7, 11) is 1.91. The average Bonchev–Trinajstić information content (AvgIpc) is 2.82. The van der Waals surface area contributed by atoms with Crippen LogP contribution in [-0.4, -0.2) is 16.8 Å². The maximum absolute atomic E-state index is 13.2. The van der Waals surface area contributed by atoms with E-state index in [0.717, 1.165) is 29.8 Å². The van der Waals surface area contributed by atoms with E-state index in [1.807, 2.05) is 37.0 Å². The Morgan fingerprint density at radius 3 is 2.79 bits per heavy atom. The number of aromatic nitrogens is 2. The van der Waals surface area contributed by atoms with E-state index in [9.17, 15) is 4.39 Å². The van der Waals surface area contributed by atoms with Crippen molar-refractivity contribution in [3.05, 3.63) is 53.1 Å². The smallest absolute Gasteiger partial charge is 0.123 e. The second-order valence-corrected chi connectivity index (χ2v) is 4.70. The summed E-state index contributed by atoms with van der Waals surface area (Å²) >= 11 is 0. The summed E-state index contributed by atoms with van der Waals surface area (Å²) in [6, 6.07) is 6.97. The third-order valence-corrected chi connectivity index (χ3v) is 3.31. The highest BCUT2D eigenvalue weighted by molar-refractivity contribution is 5.34. The average molecular weight is 261 g/mol. The van der Waals surface area contributed by atoms with E-state index in [1.165, 1.54) is 6.07 Å². The predicted molar refractivity (Wildman–Crippen MR) is 74.6 cm³/mol. The highest BCUT2D eigenvalue weighted by Gasteiger charge is 2.18. The molecule has 0 aliphatic rings. The van der Waals surface area contributed by atoms with Crippen LogP contribution in [0.3, 0.4) is 0 Å². The Kier molecular flexibility index (Phi) is 4.32. The number of hydrogen-bond acceptors (Lipinski definition) is 2. The molecule has 0 radical (unpaired) electrons. The van der Waals surface area contributed by atoms with Gasteiger partial charge in [-0.2, -0.15) is 5.10 Å². The maximum Gasteiger partial charge on any atom is 0.123 e. The maximum atomic E-state index is 13.2. The zero-order valence-corrected chi connectivity index (χ0v) is 11.7. The summed E-state index contributed by atoms with van der Waals surface area (Å²) < 4.78 is 15.2. The van der Waals surface area contributed by atoms with Crippen molar-refractivity contribution in [1.29, 1.82) is 0 Å². The fourth-order valence-electron chi connectivity index (χ4n) is 2.41. The van der Waals surface area contributed by atoms with Crippen LogP contribution in [-0.2, 0) is 6.54 Å².